The number of hydrogen-bond acceptors (Lipinski definition) is 4. The molecule has 3 heterocycles. The van der Waals surface area contributed by atoms with E-state index in [2.05, 4.69) is 15.4 Å². The van der Waals surface area contributed by atoms with Crippen molar-refractivity contribution in [3.63, 3.8) is 0 Å². The molecule has 4 nitrogen and oxygen atoms in total. The van der Waals surface area contributed by atoms with E-state index in [1.165, 1.54) is 26.2 Å². The average Bonchev–Trinajstić information content (AvgIpc) is 2.78. The topological polar surface area (TPSA) is 41.3 Å². The Morgan fingerprint density at radius 3 is 2.86 bits per heavy atom. The van der Waals surface area contributed by atoms with E-state index in [4.69, 9.17) is 4.52 Å². The first-order valence-electron chi connectivity index (χ1n) is 5.24. The Morgan fingerprint density at radius 1 is 1.43 bits per heavy atom. The second-order valence-electron chi connectivity index (χ2n) is 4.35. The van der Waals surface area contributed by atoms with Gasteiger partial charge in [-0.1, -0.05) is 5.16 Å². The molecular formula is C10H15N3O. The third-order valence-corrected chi connectivity index (χ3v) is 3.34. The summed E-state index contributed by atoms with van der Waals surface area (Å²) in [7, 11) is 0. The first kappa shape index (κ1) is 8.44. The van der Waals surface area contributed by atoms with Gasteiger partial charge in [0, 0.05) is 19.2 Å². The van der Waals surface area contributed by atoms with Crippen molar-refractivity contribution in [2.24, 2.45) is 11.8 Å². The molecular weight excluding hydrogens is 178 g/mol. The molecule has 2 atom stereocenters. The molecule has 2 fully saturated rings. The maximum absolute atomic E-state index is 5.11. The molecule has 76 valence electrons. The molecule has 14 heavy (non-hydrogen) atoms. The Balaban J connectivity index is 1.61. The van der Waals surface area contributed by atoms with Crippen molar-refractivity contribution < 1.29 is 4.52 Å². The molecule has 1 aromatic heterocycles. The highest BCUT2D eigenvalue weighted by atomic mass is 16.5. The summed E-state index contributed by atoms with van der Waals surface area (Å²) in [6.45, 7) is 5.72. The summed E-state index contributed by atoms with van der Waals surface area (Å²) in [5, 5.41) is 7.16. The first-order valence-corrected chi connectivity index (χ1v) is 5.24. The lowest BCUT2D eigenvalue weighted by Gasteiger charge is -2.14. The van der Waals surface area contributed by atoms with Crippen LogP contribution in [0.5, 0.6) is 0 Å². The lowest BCUT2D eigenvalue weighted by molar-refractivity contribution is 0.259. The molecule has 2 unspecified atom stereocenters. The fraction of sp³-hybridized carbons (Fsp3) is 0.700. The summed E-state index contributed by atoms with van der Waals surface area (Å²) in [5.41, 5.74) is 0. The van der Waals surface area contributed by atoms with Gasteiger partial charge in [0.25, 0.3) is 0 Å². The number of hydrogen-bond donors (Lipinski definition) is 1. The third-order valence-electron chi connectivity index (χ3n) is 3.34. The minimum Gasteiger partial charge on any atom is -0.360 e. The van der Waals surface area contributed by atoms with Crippen molar-refractivity contribution in [2.75, 3.05) is 26.2 Å². The largest absolute Gasteiger partial charge is 0.360 e. The van der Waals surface area contributed by atoms with Gasteiger partial charge in [-0.15, -0.1) is 0 Å². The average molecular weight is 193 g/mol. The SMILES string of the molecule is c1cc(CN2CC3CNCC3C2)on1. The number of nitrogens with zero attached hydrogens (tertiary/aromatic N) is 2. The molecule has 2 aliphatic rings. The number of likely N-dealkylation sites (tertiary alicyclic amines) is 1. The summed E-state index contributed by atoms with van der Waals surface area (Å²) in [6.07, 6.45) is 1.72. The molecule has 0 bridgehead atoms. The van der Waals surface area contributed by atoms with E-state index < -0.39 is 0 Å². The summed E-state index contributed by atoms with van der Waals surface area (Å²) >= 11 is 0. The van der Waals surface area contributed by atoms with Gasteiger partial charge in [-0.25, -0.2) is 0 Å². The van der Waals surface area contributed by atoms with Gasteiger partial charge < -0.3 is 9.84 Å². The van der Waals surface area contributed by atoms with Crippen LogP contribution in [-0.4, -0.2) is 36.2 Å². The Morgan fingerprint density at radius 2 is 2.21 bits per heavy atom. The molecule has 1 aromatic rings. The van der Waals surface area contributed by atoms with E-state index in [9.17, 15) is 0 Å². The third kappa shape index (κ3) is 1.44. The monoisotopic (exact) mass is 193 g/mol. The van der Waals surface area contributed by atoms with Crippen molar-refractivity contribution in [3.8, 4) is 0 Å². The second kappa shape index (κ2) is 3.37. The predicted molar refractivity (Wildman–Crippen MR) is 51.6 cm³/mol. The summed E-state index contributed by atoms with van der Waals surface area (Å²) in [5.74, 6) is 2.70. The van der Waals surface area contributed by atoms with Crippen LogP contribution in [0.25, 0.3) is 0 Å². The summed E-state index contributed by atoms with van der Waals surface area (Å²) in [6, 6.07) is 1.95. The normalized spacial score (nSPS) is 32.3. The molecule has 0 saturated carbocycles. The highest BCUT2D eigenvalue weighted by Gasteiger charge is 2.36. The molecule has 1 N–H and O–H groups in total. The Hall–Kier alpha value is -0.870. The zero-order valence-electron chi connectivity index (χ0n) is 8.15. The Labute approximate surface area is 83.2 Å². The fourth-order valence-corrected chi connectivity index (χ4v) is 2.63. The van der Waals surface area contributed by atoms with Crippen LogP contribution in [0.3, 0.4) is 0 Å². The number of aromatic nitrogens is 1. The molecule has 2 saturated heterocycles. The van der Waals surface area contributed by atoms with Crippen molar-refractivity contribution >= 4 is 0 Å². The molecule has 4 heteroatoms. The minimum absolute atomic E-state index is 0.859. The minimum atomic E-state index is 0.859. The van der Waals surface area contributed by atoms with Crippen molar-refractivity contribution in [2.45, 2.75) is 6.54 Å². The lowest BCUT2D eigenvalue weighted by Crippen LogP contribution is -2.25. The van der Waals surface area contributed by atoms with Crippen LogP contribution in [0.15, 0.2) is 16.8 Å². The predicted octanol–water partition coefficient (Wildman–Crippen LogP) is 0.326. The quantitative estimate of drug-likeness (QED) is 0.734. The second-order valence-corrected chi connectivity index (χ2v) is 4.35. The van der Waals surface area contributed by atoms with Crippen molar-refractivity contribution in [1.82, 2.24) is 15.4 Å². The number of rotatable bonds is 2. The van der Waals surface area contributed by atoms with Gasteiger partial charge in [-0.3, -0.25) is 4.90 Å². The van der Waals surface area contributed by atoms with Gasteiger partial charge in [0.2, 0.25) is 0 Å². The lowest BCUT2D eigenvalue weighted by atomic mass is 10.0. The Kier molecular flexibility index (Phi) is 2.03. The van der Waals surface area contributed by atoms with Crippen LogP contribution in [0.2, 0.25) is 0 Å². The van der Waals surface area contributed by atoms with Crippen LogP contribution in [0, 0.1) is 11.8 Å². The van der Waals surface area contributed by atoms with Crippen LogP contribution >= 0.6 is 0 Å². The Bertz CT molecular complexity index is 286. The van der Waals surface area contributed by atoms with E-state index in [0.717, 1.165) is 24.1 Å². The van der Waals surface area contributed by atoms with E-state index in [-0.39, 0.29) is 0 Å². The first-order chi connectivity index (χ1) is 6.92. The smallest absolute Gasteiger partial charge is 0.150 e. The van der Waals surface area contributed by atoms with Gasteiger partial charge in [0.05, 0.1) is 12.7 Å². The molecule has 2 aliphatic heterocycles. The van der Waals surface area contributed by atoms with E-state index in [1.54, 1.807) is 6.20 Å². The number of fused-ring (bicyclic) bond motifs is 1. The maximum Gasteiger partial charge on any atom is 0.150 e. The van der Waals surface area contributed by atoms with Gasteiger partial charge in [-0.05, 0) is 24.9 Å². The van der Waals surface area contributed by atoms with Crippen molar-refractivity contribution in [1.29, 1.82) is 0 Å². The maximum atomic E-state index is 5.11. The zero-order chi connectivity index (χ0) is 9.38. The van der Waals surface area contributed by atoms with Gasteiger partial charge in [0.15, 0.2) is 5.76 Å². The number of nitrogens with one attached hydrogen (secondary N) is 1. The summed E-state index contributed by atoms with van der Waals surface area (Å²) in [4.78, 5) is 2.47. The van der Waals surface area contributed by atoms with Crippen LogP contribution < -0.4 is 5.32 Å². The molecule has 3 rings (SSSR count). The summed E-state index contributed by atoms with van der Waals surface area (Å²) < 4.78 is 5.11. The molecule has 0 aliphatic carbocycles. The van der Waals surface area contributed by atoms with E-state index in [1.807, 2.05) is 6.07 Å². The van der Waals surface area contributed by atoms with Crippen LogP contribution in [-0.2, 0) is 6.54 Å². The molecule has 0 aromatic carbocycles. The van der Waals surface area contributed by atoms with E-state index in [0.29, 0.717) is 0 Å². The van der Waals surface area contributed by atoms with E-state index >= 15 is 0 Å². The molecule has 0 spiro atoms. The molecule has 0 radical (unpaired) electrons. The zero-order valence-corrected chi connectivity index (χ0v) is 8.15. The van der Waals surface area contributed by atoms with Gasteiger partial charge in [-0.2, -0.15) is 0 Å². The fourth-order valence-electron chi connectivity index (χ4n) is 2.63. The van der Waals surface area contributed by atoms with Crippen LogP contribution in [0.1, 0.15) is 5.76 Å². The highest BCUT2D eigenvalue weighted by molar-refractivity contribution is 4.97. The van der Waals surface area contributed by atoms with Crippen molar-refractivity contribution in [3.05, 3.63) is 18.0 Å². The van der Waals surface area contributed by atoms with Gasteiger partial charge >= 0.3 is 0 Å². The molecule has 0 amide bonds. The standard InChI is InChI=1S/C10H15N3O/c1-2-12-14-10(1)7-13-5-8-3-11-4-9(8)6-13/h1-2,8-9,11H,3-7H2. The highest BCUT2D eigenvalue weighted by Crippen LogP contribution is 2.27. The van der Waals surface area contributed by atoms with Gasteiger partial charge in [0.1, 0.15) is 0 Å². The van der Waals surface area contributed by atoms with Crippen LogP contribution in [0.4, 0.5) is 0 Å².